The molecule has 1 rings (SSSR count). The third-order valence-corrected chi connectivity index (χ3v) is 3.09. The standard InChI is InChI=1S/C10H17N3OS/c1-10(11,7-14)4-2-6-15-9-3-5-12-8-13-9/h3,5,8,14H,2,4,6-7,11H2,1H3. The molecule has 1 unspecified atom stereocenters. The summed E-state index contributed by atoms with van der Waals surface area (Å²) in [5, 5.41) is 9.94. The van der Waals surface area contributed by atoms with Gasteiger partial charge in [0.1, 0.15) is 6.33 Å². The molecule has 0 aliphatic rings. The number of nitrogens with two attached hydrogens (primary N) is 1. The number of aliphatic hydroxyl groups excluding tert-OH is 1. The van der Waals surface area contributed by atoms with Crippen LogP contribution in [0.25, 0.3) is 0 Å². The van der Waals surface area contributed by atoms with Crippen LogP contribution in [0.15, 0.2) is 23.6 Å². The molecule has 3 N–H and O–H groups in total. The fourth-order valence-electron chi connectivity index (χ4n) is 1.10. The van der Waals surface area contributed by atoms with Gasteiger partial charge in [-0.1, -0.05) is 0 Å². The second-order valence-corrected chi connectivity index (χ2v) is 4.93. The van der Waals surface area contributed by atoms with E-state index in [1.165, 1.54) is 0 Å². The van der Waals surface area contributed by atoms with Crippen LogP contribution >= 0.6 is 11.8 Å². The van der Waals surface area contributed by atoms with Gasteiger partial charge in [-0.2, -0.15) is 0 Å². The van der Waals surface area contributed by atoms with E-state index < -0.39 is 5.54 Å². The van der Waals surface area contributed by atoms with Gasteiger partial charge in [-0.3, -0.25) is 0 Å². The summed E-state index contributed by atoms with van der Waals surface area (Å²) in [5.41, 5.74) is 5.36. The molecule has 0 spiro atoms. The van der Waals surface area contributed by atoms with Gasteiger partial charge in [-0.15, -0.1) is 11.8 Å². The summed E-state index contributed by atoms with van der Waals surface area (Å²) in [6, 6.07) is 1.89. The maximum atomic E-state index is 8.96. The van der Waals surface area contributed by atoms with Gasteiger partial charge in [0.05, 0.1) is 11.6 Å². The summed E-state index contributed by atoms with van der Waals surface area (Å²) in [6.45, 7) is 1.90. The van der Waals surface area contributed by atoms with E-state index in [0.29, 0.717) is 0 Å². The SMILES string of the molecule is CC(N)(CO)CCCSc1ccncn1. The Labute approximate surface area is 94.3 Å². The van der Waals surface area contributed by atoms with Crippen molar-refractivity contribution in [2.45, 2.75) is 30.3 Å². The topological polar surface area (TPSA) is 72.0 Å². The van der Waals surface area contributed by atoms with E-state index in [1.807, 2.05) is 13.0 Å². The summed E-state index contributed by atoms with van der Waals surface area (Å²) in [4.78, 5) is 7.95. The highest BCUT2D eigenvalue weighted by Crippen LogP contribution is 2.17. The lowest BCUT2D eigenvalue weighted by Crippen LogP contribution is -2.40. The summed E-state index contributed by atoms with van der Waals surface area (Å²) < 4.78 is 0. The Hall–Kier alpha value is -0.650. The minimum atomic E-state index is -0.452. The molecule has 0 fully saturated rings. The third-order valence-electron chi connectivity index (χ3n) is 2.06. The minimum absolute atomic E-state index is 0.0329. The molecule has 0 amide bonds. The number of hydrogen-bond donors (Lipinski definition) is 2. The van der Waals surface area contributed by atoms with Gasteiger partial charge in [0, 0.05) is 11.7 Å². The molecule has 0 saturated heterocycles. The Morgan fingerprint density at radius 3 is 3.00 bits per heavy atom. The molecule has 4 nitrogen and oxygen atoms in total. The van der Waals surface area contributed by atoms with Crippen molar-refractivity contribution in [2.75, 3.05) is 12.4 Å². The zero-order valence-corrected chi connectivity index (χ0v) is 9.70. The van der Waals surface area contributed by atoms with Gasteiger partial charge in [0.15, 0.2) is 0 Å². The molecular weight excluding hydrogens is 210 g/mol. The predicted molar refractivity (Wildman–Crippen MR) is 61.7 cm³/mol. The van der Waals surface area contributed by atoms with Crippen molar-refractivity contribution in [1.82, 2.24) is 9.97 Å². The minimum Gasteiger partial charge on any atom is -0.394 e. The highest BCUT2D eigenvalue weighted by Gasteiger charge is 2.15. The molecule has 84 valence electrons. The van der Waals surface area contributed by atoms with Crippen molar-refractivity contribution in [3.8, 4) is 0 Å². The molecule has 0 saturated carbocycles. The first-order valence-corrected chi connectivity index (χ1v) is 5.91. The maximum absolute atomic E-state index is 8.96. The van der Waals surface area contributed by atoms with Crippen molar-refractivity contribution in [2.24, 2.45) is 5.73 Å². The second-order valence-electron chi connectivity index (χ2n) is 3.81. The zero-order valence-electron chi connectivity index (χ0n) is 8.89. The fraction of sp³-hybridized carbons (Fsp3) is 0.600. The maximum Gasteiger partial charge on any atom is 0.116 e. The quantitative estimate of drug-likeness (QED) is 0.432. The van der Waals surface area contributed by atoms with Gasteiger partial charge in [0.25, 0.3) is 0 Å². The first-order chi connectivity index (χ1) is 7.14. The lowest BCUT2D eigenvalue weighted by Gasteiger charge is -2.20. The molecule has 5 heteroatoms. The first-order valence-electron chi connectivity index (χ1n) is 4.93. The fourth-order valence-corrected chi connectivity index (χ4v) is 1.87. The summed E-state index contributed by atoms with van der Waals surface area (Å²) in [7, 11) is 0. The van der Waals surface area contributed by atoms with E-state index >= 15 is 0 Å². The number of rotatable bonds is 6. The van der Waals surface area contributed by atoms with Gasteiger partial charge < -0.3 is 10.8 Å². The van der Waals surface area contributed by atoms with Gasteiger partial charge in [0.2, 0.25) is 0 Å². The van der Waals surface area contributed by atoms with Crippen molar-refractivity contribution >= 4 is 11.8 Å². The largest absolute Gasteiger partial charge is 0.394 e. The molecule has 0 aliphatic carbocycles. The van der Waals surface area contributed by atoms with Crippen LogP contribution in [-0.2, 0) is 0 Å². The number of aromatic nitrogens is 2. The molecule has 1 aromatic heterocycles. The smallest absolute Gasteiger partial charge is 0.116 e. The number of aliphatic hydroxyl groups is 1. The Balaban J connectivity index is 2.18. The van der Waals surface area contributed by atoms with Crippen LogP contribution in [-0.4, -0.2) is 33.0 Å². The van der Waals surface area contributed by atoms with E-state index in [-0.39, 0.29) is 6.61 Å². The van der Waals surface area contributed by atoms with Crippen LogP contribution in [0.1, 0.15) is 19.8 Å². The van der Waals surface area contributed by atoms with Crippen LogP contribution in [0.5, 0.6) is 0 Å². The summed E-state index contributed by atoms with van der Waals surface area (Å²) in [6.07, 6.45) is 5.07. The molecule has 0 radical (unpaired) electrons. The van der Waals surface area contributed by atoms with Crippen LogP contribution in [0.4, 0.5) is 0 Å². The van der Waals surface area contributed by atoms with Gasteiger partial charge in [-0.05, 0) is 31.6 Å². The average molecular weight is 227 g/mol. The van der Waals surface area contributed by atoms with Crippen LogP contribution in [0, 0.1) is 0 Å². The monoisotopic (exact) mass is 227 g/mol. The van der Waals surface area contributed by atoms with Crippen molar-refractivity contribution in [1.29, 1.82) is 0 Å². The van der Waals surface area contributed by atoms with Crippen molar-refractivity contribution in [3.05, 3.63) is 18.6 Å². The molecular formula is C10H17N3OS. The lowest BCUT2D eigenvalue weighted by atomic mass is 9.99. The van der Waals surface area contributed by atoms with E-state index in [0.717, 1.165) is 23.6 Å². The first kappa shape index (κ1) is 12.4. The van der Waals surface area contributed by atoms with E-state index in [1.54, 1.807) is 24.3 Å². The zero-order chi connectivity index (χ0) is 11.1. The molecule has 0 aromatic carbocycles. The van der Waals surface area contributed by atoms with Crippen molar-refractivity contribution < 1.29 is 5.11 Å². The highest BCUT2D eigenvalue weighted by molar-refractivity contribution is 7.99. The molecule has 15 heavy (non-hydrogen) atoms. The number of nitrogens with zero attached hydrogens (tertiary/aromatic N) is 2. The van der Waals surface area contributed by atoms with Crippen LogP contribution in [0.2, 0.25) is 0 Å². The lowest BCUT2D eigenvalue weighted by molar-refractivity contribution is 0.200. The van der Waals surface area contributed by atoms with Crippen LogP contribution in [0.3, 0.4) is 0 Å². The molecule has 1 heterocycles. The third kappa shape index (κ3) is 5.11. The second kappa shape index (κ2) is 6.05. The number of thioether (sulfide) groups is 1. The van der Waals surface area contributed by atoms with E-state index in [9.17, 15) is 0 Å². The Morgan fingerprint density at radius 1 is 1.60 bits per heavy atom. The molecule has 1 aromatic rings. The van der Waals surface area contributed by atoms with Crippen LogP contribution < -0.4 is 5.73 Å². The summed E-state index contributed by atoms with van der Waals surface area (Å²) >= 11 is 1.68. The van der Waals surface area contributed by atoms with Crippen molar-refractivity contribution in [3.63, 3.8) is 0 Å². The van der Waals surface area contributed by atoms with E-state index in [4.69, 9.17) is 10.8 Å². The Bertz CT molecular complexity index is 279. The molecule has 0 aliphatic heterocycles. The van der Waals surface area contributed by atoms with Gasteiger partial charge >= 0.3 is 0 Å². The number of hydrogen-bond acceptors (Lipinski definition) is 5. The Morgan fingerprint density at radius 2 is 2.40 bits per heavy atom. The van der Waals surface area contributed by atoms with Gasteiger partial charge in [-0.25, -0.2) is 9.97 Å². The normalized spacial score (nSPS) is 14.9. The Kier molecular flexibility index (Phi) is 5.01. The molecule has 0 bridgehead atoms. The highest BCUT2D eigenvalue weighted by atomic mass is 32.2. The predicted octanol–water partition coefficient (Wildman–Crippen LogP) is 1.06. The van der Waals surface area contributed by atoms with E-state index in [2.05, 4.69) is 9.97 Å². The summed E-state index contributed by atoms with van der Waals surface area (Å²) in [5.74, 6) is 0.962. The average Bonchev–Trinajstić information content (AvgIpc) is 2.26. The molecule has 1 atom stereocenters.